The maximum absolute atomic E-state index is 12.3. The van der Waals surface area contributed by atoms with Gasteiger partial charge >= 0.3 is 6.18 Å². The highest BCUT2D eigenvalue weighted by atomic mass is 19.4. The Hall–Kier alpha value is -1.07. The summed E-state index contributed by atoms with van der Waals surface area (Å²) < 4.78 is 36.9. The van der Waals surface area contributed by atoms with E-state index >= 15 is 0 Å². The summed E-state index contributed by atoms with van der Waals surface area (Å²) in [7, 11) is 0. The molecule has 19 heavy (non-hydrogen) atoms. The summed E-state index contributed by atoms with van der Waals surface area (Å²) in [6.07, 6.45) is -5.28. The number of hydrogen-bond donors (Lipinski definition) is 2. The van der Waals surface area contributed by atoms with Crippen LogP contribution in [0, 0.1) is 5.92 Å². The maximum atomic E-state index is 12.3. The van der Waals surface area contributed by atoms with Gasteiger partial charge in [0.25, 0.3) is 0 Å². The largest absolute Gasteiger partial charge is 0.403 e. The van der Waals surface area contributed by atoms with Gasteiger partial charge in [-0.3, -0.25) is 0 Å². The van der Waals surface area contributed by atoms with Crippen LogP contribution >= 0.6 is 0 Å². The van der Waals surface area contributed by atoms with Crippen LogP contribution in [0.3, 0.4) is 0 Å². The molecule has 0 aliphatic heterocycles. The first-order valence-electron chi connectivity index (χ1n) is 6.29. The highest BCUT2D eigenvalue weighted by Crippen LogP contribution is 2.27. The zero-order valence-corrected chi connectivity index (χ0v) is 11.1. The lowest BCUT2D eigenvalue weighted by Gasteiger charge is -2.19. The fourth-order valence-corrected chi connectivity index (χ4v) is 1.86. The Bertz CT molecular complexity index is 387. The average Bonchev–Trinajstić information content (AvgIpc) is 2.27. The van der Waals surface area contributed by atoms with Crippen LogP contribution in [0.1, 0.15) is 37.5 Å². The van der Waals surface area contributed by atoms with E-state index in [4.69, 9.17) is 5.73 Å². The van der Waals surface area contributed by atoms with Crippen LogP contribution < -0.4 is 5.73 Å². The first kappa shape index (κ1) is 16.0. The predicted octanol–water partition coefficient (Wildman–Crippen LogP) is 3.20. The van der Waals surface area contributed by atoms with Crippen LogP contribution in [0.5, 0.6) is 0 Å². The third-order valence-corrected chi connectivity index (χ3v) is 2.91. The highest BCUT2D eigenvalue weighted by molar-refractivity contribution is 5.24. The van der Waals surface area contributed by atoms with E-state index in [0.717, 1.165) is 12.0 Å². The van der Waals surface area contributed by atoms with Gasteiger partial charge in [-0.15, -0.1) is 0 Å². The van der Waals surface area contributed by atoms with Crippen molar-refractivity contribution < 1.29 is 18.3 Å². The Labute approximate surface area is 111 Å². The lowest BCUT2D eigenvalue weighted by Crippen LogP contribution is -2.38. The van der Waals surface area contributed by atoms with E-state index in [1.165, 1.54) is 0 Å². The van der Waals surface area contributed by atoms with E-state index in [1.54, 1.807) is 12.1 Å². The molecule has 2 atom stereocenters. The van der Waals surface area contributed by atoms with Gasteiger partial charge in [0.15, 0.2) is 0 Å². The number of halogens is 3. The quantitative estimate of drug-likeness (QED) is 0.867. The second-order valence-electron chi connectivity index (χ2n) is 5.24. The van der Waals surface area contributed by atoms with Gasteiger partial charge in [0.05, 0.1) is 6.10 Å². The first-order chi connectivity index (χ1) is 8.70. The predicted molar refractivity (Wildman–Crippen MR) is 68.6 cm³/mol. The zero-order chi connectivity index (χ0) is 14.6. The van der Waals surface area contributed by atoms with Crippen LogP contribution in [0.15, 0.2) is 24.3 Å². The topological polar surface area (TPSA) is 46.2 Å². The molecular weight excluding hydrogens is 255 g/mol. The van der Waals surface area contributed by atoms with Gasteiger partial charge in [0.2, 0.25) is 0 Å². The molecule has 0 amide bonds. The van der Waals surface area contributed by atoms with E-state index in [0.29, 0.717) is 11.5 Å². The van der Waals surface area contributed by atoms with Crippen molar-refractivity contribution >= 4 is 0 Å². The molecule has 0 saturated heterocycles. The first-order valence-corrected chi connectivity index (χ1v) is 6.29. The van der Waals surface area contributed by atoms with Crippen LogP contribution in [0.4, 0.5) is 13.2 Å². The van der Waals surface area contributed by atoms with Crippen LogP contribution in [-0.2, 0) is 6.42 Å². The summed E-state index contributed by atoms with van der Waals surface area (Å²) in [4.78, 5) is 0. The fourth-order valence-electron chi connectivity index (χ4n) is 1.86. The van der Waals surface area contributed by atoms with Crippen LogP contribution in [0.25, 0.3) is 0 Å². The summed E-state index contributed by atoms with van der Waals surface area (Å²) in [5, 5.41) is 9.75. The SMILES string of the molecule is CC(C)Cc1ccc(C(O)CC(N)C(F)(F)F)cc1. The Morgan fingerprint density at radius 2 is 1.68 bits per heavy atom. The lowest BCUT2D eigenvalue weighted by molar-refractivity contribution is -0.153. The number of nitrogens with two attached hydrogens (primary N) is 1. The summed E-state index contributed by atoms with van der Waals surface area (Å²) in [5.74, 6) is 0.509. The fraction of sp³-hybridized carbons (Fsp3) is 0.571. The minimum absolute atomic E-state index is 0.465. The molecule has 0 aromatic heterocycles. The molecule has 0 radical (unpaired) electrons. The maximum Gasteiger partial charge on any atom is 0.403 e. The number of aliphatic hydroxyl groups excluding tert-OH is 1. The average molecular weight is 275 g/mol. The number of hydrogen-bond acceptors (Lipinski definition) is 2. The van der Waals surface area contributed by atoms with Gasteiger partial charge in [-0.2, -0.15) is 13.2 Å². The van der Waals surface area contributed by atoms with Crippen LogP contribution in [0.2, 0.25) is 0 Å². The van der Waals surface area contributed by atoms with E-state index in [2.05, 4.69) is 13.8 Å². The monoisotopic (exact) mass is 275 g/mol. The van der Waals surface area contributed by atoms with Gasteiger partial charge in [0, 0.05) is 6.42 Å². The molecule has 0 aliphatic rings. The summed E-state index contributed by atoms with van der Waals surface area (Å²) in [5.41, 5.74) is 6.57. The molecule has 108 valence electrons. The third-order valence-electron chi connectivity index (χ3n) is 2.91. The Kier molecular flexibility index (Phi) is 5.38. The van der Waals surface area contributed by atoms with Crippen molar-refractivity contribution in [2.24, 2.45) is 11.7 Å². The van der Waals surface area contributed by atoms with E-state index in [-0.39, 0.29) is 0 Å². The zero-order valence-electron chi connectivity index (χ0n) is 11.1. The smallest absolute Gasteiger partial charge is 0.388 e. The summed E-state index contributed by atoms with van der Waals surface area (Å²) in [6, 6.07) is 4.98. The molecule has 3 N–H and O–H groups in total. The molecule has 1 rings (SSSR count). The van der Waals surface area contributed by atoms with Gasteiger partial charge in [-0.25, -0.2) is 0 Å². The lowest BCUT2D eigenvalue weighted by atomic mass is 9.98. The van der Waals surface area contributed by atoms with Crippen LogP contribution in [-0.4, -0.2) is 17.3 Å². The van der Waals surface area contributed by atoms with Gasteiger partial charge in [-0.05, 0) is 23.5 Å². The van der Waals surface area contributed by atoms with Crippen molar-refractivity contribution in [1.29, 1.82) is 0 Å². The second kappa shape index (κ2) is 6.39. The van der Waals surface area contributed by atoms with Crippen molar-refractivity contribution in [3.8, 4) is 0 Å². The molecule has 0 aliphatic carbocycles. The number of benzene rings is 1. The Balaban J connectivity index is 2.65. The summed E-state index contributed by atoms with van der Waals surface area (Å²) in [6.45, 7) is 4.18. The highest BCUT2D eigenvalue weighted by Gasteiger charge is 2.37. The normalized spacial score (nSPS) is 15.6. The second-order valence-corrected chi connectivity index (χ2v) is 5.24. The number of aliphatic hydroxyl groups is 1. The van der Waals surface area contributed by atoms with E-state index in [1.807, 2.05) is 12.1 Å². The molecule has 2 unspecified atom stereocenters. The molecule has 0 saturated carbocycles. The number of rotatable bonds is 5. The summed E-state index contributed by atoms with van der Waals surface area (Å²) >= 11 is 0. The molecule has 0 heterocycles. The van der Waals surface area contributed by atoms with E-state index in [9.17, 15) is 18.3 Å². The Morgan fingerprint density at radius 3 is 2.11 bits per heavy atom. The standard InChI is InChI=1S/C14H20F3NO/c1-9(2)7-10-3-5-11(6-4-10)12(19)8-13(18)14(15,16)17/h3-6,9,12-13,19H,7-8,18H2,1-2H3. The molecule has 0 fully saturated rings. The molecule has 5 heteroatoms. The number of alkyl halides is 3. The van der Waals surface area contributed by atoms with Crippen molar-refractivity contribution in [3.63, 3.8) is 0 Å². The molecule has 1 aromatic rings. The molecule has 0 bridgehead atoms. The molecular formula is C14H20F3NO. The van der Waals surface area contributed by atoms with Crippen molar-refractivity contribution in [1.82, 2.24) is 0 Å². The Morgan fingerprint density at radius 1 is 1.16 bits per heavy atom. The molecule has 0 spiro atoms. The minimum atomic E-state index is -4.47. The van der Waals surface area contributed by atoms with E-state index < -0.39 is 24.7 Å². The molecule has 1 aromatic carbocycles. The minimum Gasteiger partial charge on any atom is -0.388 e. The molecule has 2 nitrogen and oxygen atoms in total. The third kappa shape index (κ3) is 5.20. The van der Waals surface area contributed by atoms with Crippen molar-refractivity contribution in [2.75, 3.05) is 0 Å². The van der Waals surface area contributed by atoms with Gasteiger partial charge in [0.1, 0.15) is 6.04 Å². The van der Waals surface area contributed by atoms with Gasteiger partial charge in [-0.1, -0.05) is 38.1 Å². The van der Waals surface area contributed by atoms with Gasteiger partial charge < -0.3 is 10.8 Å². The van der Waals surface area contributed by atoms with Crippen molar-refractivity contribution in [3.05, 3.63) is 35.4 Å². The van der Waals surface area contributed by atoms with Crippen molar-refractivity contribution in [2.45, 2.75) is 45.0 Å².